The summed E-state index contributed by atoms with van der Waals surface area (Å²) in [5.41, 5.74) is 0.933. The predicted molar refractivity (Wildman–Crippen MR) is 79.8 cm³/mol. The summed E-state index contributed by atoms with van der Waals surface area (Å²) in [7, 11) is 0. The molecule has 1 aliphatic heterocycles. The molecule has 0 N–H and O–H groups in total. The second-order valence-corrected chi connectivity index (χ2v) is 6.15. The summed E-state index contributed by atoms with van der Waals surface area (Å²) in [6.45, 7) is 5.13. The summed E-state index contributed by atoms with van der Waals surface area (Å²) in [6, 6.07) is 0.199. The highest BCUT2D eigenvalue weighted by molar-refractivity contribution is 6.28. The zero-order valence-electron chi connectivity index (χ0n) is 12.1. The summed E-state index contributed by atoms with van der Waals surface area (Å²) >= 11 is 6.04. The third-order valence-corrected chi connectivity index (χ3v) is 4.48. The first-order valence-corrected chi connectivity index (χ1v) is 7.78. The Morgan fingerprint density at radius 1 is 1.33 bits per heavy atom. The fourth-order valence-electron chi connectivity index (χ4n) is 3.09. The molecule has 1 fully saturated rings. The van der Waals surface area contributed by atoms with Crippen LogP contribution in [-0.4, -0.2) is 31.3 Å². The van der Waals surface area contributed by atoms with Crippen LogP contribution in [-0.2, 0) is 0 Å². The number of nitrogens with zero attached hydrogens (tertiary/aromatic N) is 6. The molecule has 2 aromatic rings. The van der Waals surface area contributed by atoms with Crippen LogP contribution < -0.4 is 4.90 Å². The largest absolute Gasteiger partial charge is 0.344 e. The van der Waals surface area contributed by atoms with Crippen LogP contribution in [0.2, 0.25) is 5.28 Å². The molecule has 4 rings (SSSR count). The van der Waals surface area contributed by atoms with Gasteiger partial charge < -0.3 is 4.90 Å². The molecule has 0 amide bonds. The van der Waals surface area contributed by atoms with Gasteiger partial charge in [0, 0.05) is 6.54 Å². The van der Waals surface area contributed by atoms with Gasteiger partial charge in [-0.1, -0.05) is 6.92 Å². The Labute approximate surface area is 128 Å². The molecule has 0 saturated heterocycles. The summed E-state index contributed by atoms with van der Waals surface area (Å²) < 4.78 is 2.06. The normalized spacial score (nSPS) is 20.3. The fraction of sp³-hybridized carbons (Fsp3) is 0.571. The second-order valence-electron chi connectivity index (χ2n) is 5.81. The van der Waals surface area contributed by atoms with Gasteiger partial charge in [-0.2, -0.15) is 4.98 Å². The molecule has 3 heterocycles. The predicted octanol–water partition coefficient (Wildman–Crippen LogP) is 2.70. The van der Waals surface area contributed by atoms with Crippen molar-refractivity contribution in [2.45, 2.75) is 39.2 Å². The molecule has 110 valence electrons. The molecule has 0 radical (unpaired) electrons. The molecule has 0 unspecified atom stereocenters. The standard InChI is InChI=1S/C14H17ClN6/c1-3-10-13-19-18-8(2)21(13)11-6-16-14(15)17-12(11)20(10)7-9-4-5-9/h6,9-10H,3-5,7H2,1-2H3/t10-/m1/s1. The first kappa shape index (κ1) is 13.0. The molecular formula is C14H17ClN6. The summed E-state index contributed by atoms with van der Waals surface area (Å²) in [4.78, 5) is 11.0. The van der Waals surface area contributed by atoms with E-state index in [4.69, 9.17) is 11.6 Å². The van der Waals surface area contributed by atoms with Crippen molar-refractivity contribution in [2.75, 3.05) is 11.4 Å². The van der Waals surface area contributed by atoms with Gasteiger partial charge in [0.2, 0.25) is 5.28 Å². The van der Waals surface area contributed by atoms with Crippen molar-refractivity contribution in [3.8, 4) is 5.69 Å². The van der Waals surface area contributed by atoms with Gasteiger partial charge in [-0.25, -0.2) is 4.98 Å². The highest BCUT2D eigenvalue weighted by Gasteiger charge is 2.37. The summed E-state index contributed by atoms with van der Waals surface area (Å²) in [5, 5.41) is 8.93. The summed E-state index contributed by atoms with van der Waals surface area (Å²) in [6.07, 6.45) is 5.34. The van der Waals surface area contributed by atoms with Crippen molar-refractivity contribution in [1.82, 2.24) is 24.7 Å². The van der Waals surface area contributed by atoms with E-state index in [1.165, 1.54) is 12.8 Å². The number of fused-ring (bicyclic) bond motifs is 3. The molecule has 0 bridgehead atoms. The van der Waals surface area contributed by atoms with E-state index in [-0.39, 0.29) is 6.04 Å². The first-order chi connectivity index (χ1) is 10.2. The molecule has 2 aromatic heterocycles. The molecular weight excluding hydrogens is 288 g/mol. The minimum Gasteiger partial charge on any atom is -0.344 e. The maximum atomic E-state index is 6.04. The van der Waals surface area contributed by atoms with Crippen molar-refractivity contribution in [3.05, 3.63) is 23.1 Å². The fourth-order valence-corrected chi connectivity index (χ4v) is 3.22. The van der Waals surface area contributed by atoms with Crippen LogP contribution in [0.15, 0.2) is 6.20 Å². The average Bonchev–Trinajstić information content (AvgIpc) is 3.21. The Hall–Kier alpha value is -1.69. The third kappa shape index (κ3) is 2.00. The van der Waals surface area contributed by atoms with Gasteiger partial charge in [-0.05, 0) is 43.7 Å². The molecule has 1 saturated carbocycles. The van der Waals surface area contributed by atoms with Crippen LogP contribution in [0, 0.1) is 12.8 Å². The van der Waals surface area contributed by atoms with Crippen molar-refractivity contribution < 1.29 is 0 Å². The highest BCUT2D eigenvalue weighted by Crippen LogP contribution is 2.42. The topological polar surface area (TPSA) is 59.7 Å². The molecule has 1 atom stereocenters. The van der Waals surface area contributed by atoms with E-state index in [9.17, 15) is 0 Å². The quantitative estimate of drug-likeness (QED) is 0.816. The smallest absolute Gasteiger partial charge is 0.224 e. The van der Waals surface area contributed by atoms with Crippen LogP contribution >= 0.6 is 11.6 Å². The lowest BCUT2D eigenvalue weighted by molar-refractivity contribution is 0.521. The van der Waals surface area contributed by atoms with Gasteiger partial charge in [-0.3, -0.25) is 4.57 Å². The molecule has 0 spiro atoms. The Morgan fingerprint density at radius 3 is 2.86 bits per heavy atom. The zero-order chi connectivity index (χ0) is 14.6. The number of rotatable bonds is 3. The van der Waals surface area contributed by atoms with E-state index >= 15 is 0 Å². The number of hydrogen-bond acceptors (Lipinski definition) is 5. The van der Waals surface area contributed by atoms with Crippen molar-refractivity contribution in [2.24, 2.45) is 5.92 Å². The van der Waals surface area contributed by atoms with E-state index in [0.717, 1.165) is 42.0 Å². The number of hydrogen-bond donors (Lipinski definition) is 0. The molecule has 1 aliphatic carbocycles. The third-order valence-electron chi connectivity index (χ3n) is 4.30. The lowest BCUT2D eigenvalue weighted by Gasteiger charge is -2.37. The lowest BCUT2D eigenvalue weighted by atomic mass is 10.1. The minimum atomic E-state index is 0.199. The number of halogens is 1. The first-order valence-electron chi connectivity index (χ1n) is 7.40. The van der Waals surface area contributed by atoms with Crippen molar-refractivity contribution in [3.63, 3.8) is 0 Å². The second kappa shape index (κ2) is 4.66. The zero-order valence-corrected chi connectivity index (χ0v) is 12.9. The van der Waals surface area contributed by atoms with E-state index < -0.39 is 0 Å². The maximum Gasteiger partial charge on any atom is 0.224 e. The summed E-state index contributed by atoms with van der Waals surface area (Å²) in [5.74, 6) is 3.51. The number of aromatic nitrogens is 5. The Kier molecular flexibility index (Phi) is 2.89. The Bertz CT molecular complexity index is 693. The Balaban J connectivity index is 1.91. The molecule has 0 aromatic carbocycles. The molecule has 6 nitrogen and oxygen atoms in total. The van der Waals surface area contributed by atoms with Crippen LogP contribution in [0.4, 0.5) is 5.82 Å². The minimum absolute atomic E-state index is 0.199. The average molecular weight is 305 g/mol. The van der Waals surface area contributed by atoms with Gasteiger partial charge in [0.05, 0.1) is 12.2 Å². The lowest BCUT2D eigenvalue weighted by Crippen LogP contribution is -2.37. The van der Waals surface area contributed by atoms with Crippen LogP contribution in [0.25, 0.3) is 5.69 Å². The monoisotopic (exact) mass is 304 g/mol. The SMILES string of the molecule is CC[C@@H]1c2nnc(C)n2-c2cnc(Cl)nc2N1CC1CC1. The van der Waals surface area contributed by atoms with E-state index in [2.05, 4.69) is 36.6 Å². The van der Waals surface area contributed by atoms with Crippen LogP contribution in [0.1, 0.15) is 43.9 Å². The van der Waals surface area contributed by atoms with E-state index in [1.807, 2.05) is 6.92 Å². The Morgan fingerprint density at radius 2 is 2.14 bits per heavy atom. The van der Waals surface area contributed by atoms with E-state index in [0.29, 0.717) is 5.28 Å². The van der Waals surface area contributed by atoms with Crippen LogP contribution in [0.3, 0.4) is 0 Å². The van der Waals surface area contributed by atoms with Gasteiger partial charge in [0.1, 0.15) is 11.5 Å². The van der Waals surface area contributed by atoms with Gasteiger partial charge in [0.25, 0.3) is 0 Å². The highest BCUT2D eigenvalue weighted by atomic mass is 35.5. The van der Waals surface area contributed by atoms with Gasteiger partial charge >= 0.3 is 0 Å². The van der Waals surface area contributed by atoms with Crippen molar-refractivity contribution in [1.29, 1.82) is 0 Å². The molecule has 2 aliphatic rings. The number of anilines is 1. The van der Waals surface area contributed by atoms with Crippen LogP contribution in [0.5, 0.6) is 0 Å². The van der Waals surface area contributed by atoms with Gasteiger partial charge in [-0.15, -0.1) is 10.2 Å². The molecule has 7 heteroatoms. The van der Waals surface area contributed by atoms with Crippen molar-refractivity contribution >= 4 is 17.4 Å². The maximum absolute atomic E-state index is 6.04. The van der Waals surface area contributed by atoms with Gasteiger partial charge in [0.15, 0.2) is 11.6 Å². The van der Waals surface area contributed by atoms with E-state index in [1.54, 1.807) is 6.20 Å². The number of aryl methyl sites for hydroxylation is 1. The molecule has 21 heavy (non-hydrogen) atoms.